The van der Waals surface area contributed by atoms with Gasteiger partial charge < -0.3 is 10.2 Å². The summed E-state index contributed by atoms with van der Waals surface area (Å²) in [5.41, 5.74) is 6.74. The van der Waals surface area contributed by atoms with Crippen LogP contribution in [0.5, 0.6) is 0 Å². The van der Waals surface area contributed by atoms with Gasteiger partial charge in [-0.05, 0) is 66.7 Å². The minimum absolute atomic E-state index is 0.628. The highest BCUT2D eigenvalue weighted by Crippen LogP contribution is 2.50. The first-order valence-electron chi connectivity index (χ1n) is 9.41. The Bertz CT molecular complexity index is 800. The molecule has 0 bridgehead atoms. The fourth-order valence-electron chi connectivity index (χ4n) is 5.10. The van der Waals surface area contributed by atoms with Gasteiger partial charge in [0.15, 0.2) is 0 Å². The minimum atomic E-state index is 0.628. The Balaban J connectivity index is 1.42. The Kier molecular flexibility index (Phi) is 3.61. The molecule has 0 atom stereocenters. The average Bonchev–Trinajstić information content (AvgIpc) is 2.98. The molecule has 132 valence electrons. The van der Waals surface area contributed by atoms with Crippen molar-refractivity contribution in [2.45, 2.75) is 32.1 Å². The summed E-state index contributed by atoms with van der Waals surface area (Å²) in [5, 5.41) is 11.9. The number of aromatic nitrogens is 2. The molecule has 0 radical (unpaired) electrons. The van der Waals surface area contributed by atoms with Crippen LogP contribution < -0.4 is 10.2 Å². The van der Waals surface area contributed by atoms with E-state index in [0.29, 0.717) is 5.41 Å². The van der Waals surface area contributed by atoms with Gasteiger partial charge in [-0.25, -0.2) is 0 Å². The summed E-state index contributed by atoms with van der Waals surface area (Å²) >= 11 is 6.83. The van der Waals surface area contributed by atoms with Crippen molar-refractivity contribution in [2.75, 3.05) is 31.6 Å². The van der Waals surface area contributed by atoms with Crippen LogP contribution in [0.2, 0.25) is 5.02 Å². The third-order valence-corrected chi connectivity index (χ3v) is 6.92. The summed E-state index contributed by atoms with van der Waals surface area (Å²) in [6, 6.07) is 4.39. The third-order valence-electron chi connectivity index (χ3n) is 6.49. The molecule has 3 heterocycles. The van der Waals surface area contributed by atoms with E-state index in [1.165, 1.54) is 49.2 Å². The van der Waals surface area contributed by atoms with E-state index < -0.39 is 0 Å². The van der Waals surface area contributed by atoms with Gasteiger partial charge in [0.2, 0.25) is 0 Å². The molecule has 2 aromatic rings. The van der Waals surface area contributed by atoms with Crippen molar-refractivity contribution in [1.29, 1.82) is 0 Å². The van der Waals surface area contributed by atoms with Crippen LogP contribution >= 0.6 is 11.6 Å². The average molecular weight is 357 g/mol. The number of fused-ring (bicyclic) bond motifs is 1. The normalized spacial score (nSPS) is 21.8. The highest BCUT2D eigenvalue weighted by atomic mass is 35.5. The van der Waals surface area contributed by atoms with Crippen molar-refractivity contribution in [3.05, 3.63) is 34.5 Å². The molecule has 1 saturated heterocycles. The lowest BCUT2D eigenvalue weighted by atomic mass is 9.57. The predicted octanol–water partition coefficient (Wildman–Crippen LogP) is 3.65. The van der Waals surface area contributed by atoms with Crippen LogP contribution in [-0.4, -0.2) is 36.9 Å². The van der Waals surface area contributed by atoms with Gasteiger partial charge in [0.25, 0.3) is 0 Å². The van der Waals surface area contributed by atoms with Crippen molar-refractivity contribution in [3.8, 4) is 11.3 Å². The van der Waals surface area contributed by atoms with Gasteiger partial charge in [0.05, 0.1) is 16.9 Å². The van der Waals surface area contributed by atoms with Crippen molar-refractivity contribution in [2.24, 2.45) is 11.3 Å². The zero-order valence-electron chi connectivity index (χ0n) is 14.7. The quantitative estimate of drug-likeness (QED) is 0.882. The number of nitrogens with zero attached hydrogens (tertiary/aromatic N) is 2. The van der Waals surface area contributed by atoms with E-state index >= 15 is 0 Å². The van der Waals surface area contributed by atoms with Gasteiger partial charge >= 0.3 is 0 Å². The van der Waals surface area contributed by atoms with Crippen LogP contribution in [0, 0.1) is 11.3 Å². The standard InChI is InChI=1S/C20H25ClN4/c1-25-6-2-3-15-17(25)5-4-16(18(15)21)19-14(10-23-24-19)7-13-8-20(9-13)11-22-12-20/h4-5,10,13,22H,2-3,6-9,11-12H2,1H3,(H,23,24). The third kappa shape index (κ3) is 2.49. The summed E-state index contributed by atoms with van der Waals surface area (Å²) in [6.07, 6.45) is 8.05. The van der Waals surface area contributed by atoms with E-state index in [4.69, 9.17) is 11.6 Å². The maximum absolute atomic E-state index is 6.83. The Hall–Kier alpha value is -1.52. The summed E-state index contributed by atoms with van der Waals surface area (Å²) in [4.78, 5) is 2.31. The van der Waals surface area contributed by atoms with Gasteiger partial charge in [-0.1, -0.05) is 11.6 Å². The van der Waals surface area contributed by atoms with Crippen LogP contribution in [0.4, 0.5) is 5.69 Å². The topological polar surface area (TPSA) is 44.0 Å². The molecule has 5 rings (SSSR count). The largest absolute Gasteiger partial charge is 0.374 e. The first-order valence-corrected chi connectivity index (χ1v) is 9.79. The second-order valence-corrected chi connectivity index (χ2v) is 8.68. The van der Waals surface area contributed by atoms with Crippen LogP contribution in [0.15, 0.2) is 18.3 Å². The van der Waals surface area contributed by atoms with E-state index in [1.807, 2.05) is 6.20 Å². The summed E-state index contributed by atoms with van der Waals surface area (Å²) < 4.78 is 0. The molecule has 0 amide bonds. The number of anilines is 1. The van der Waals surface area contributed by atoms with Crippen molar-refractivity contribution in [1.82, 2.24) is 15.5 Å². The fourth-order valence-corrected chi connectivity index (χ4v) is 5.45. The SMILES string of the molecule is CN1CCCc2c1ccc(-c1[nH]ncc1CC1CC3(CNC3)C1)c2Cl. The minimum Gasteiger partial charge on any atom is -0.374 e. The highest BCUT2D eigenvalue weighted by molar-refractivity contribution is 6.34. The van der Waals surface area contributed by atoms with Crippen LogP contribution in [-0.2, 0) is 12.8 Å². The van der Waals surface area contributed by atoms with E-state index in [9.17, 15) is 0 Å². The van der Waals surface area contributed by atoms with E-state index in [-0.39, 0.29) is 0 Å². The number of H-pyrrole nitrogens is 1. The molecule has 2 aliphatic heterocycles. The van der Waals surface area contributed by atoms with Crippen molar-refractivity contribution < 1.29 is 0 Å². The number of aromatic amines is 1. The Morgan fingerprint density at radius 3 is 2.92 bits per heavy atom. The molecule has 3 aliphatic rings. The van der Waals surface area contributed by atoms with Crippen LogP contribution in [0.3, 0.4) is 0 Å². The molecule has 4 nitrogen and oxygen atoms in total. The maximum atomic E-state index is 6.83. The second kappa shape index (κ2) is 5.75. The number of benzene rings is 1. The summed E-state index contributed by atoms with van der Waals surface area (Å²) in [7, 11) is 2.15. The van der Waals surface area contributed by atoms with E-state index in [1.54, 1.807) is 0 Å². The maximum Gasteiger partial charge on any atom is 0.0697 e. The predicted molar refractivity (Wildman–Crippen MR) is 102 cm³/mol. The Labute approximate surface area is 153 Å². The molecule has 1 spiro atoms. The molecule has 5 heteroatoms. The van der Waals surface area contributed by atoms with Crippen LogP contribution in [0.25, 0.3) is 11.3 Å². The van der Waals surface area contributed by atoms with Gasteiger partial charge in [-0.3, -0.25) is 5.10 Å². The molecular weight excluding hydrogens is 332 g/mol. The molecule has 1 aromatic carbocycles. The summed E-state index contributed by atoms with van der Waals surface area (Å²) in [6.45, 7) is 3.54. The lowest BCUT2D eigenvalue weighted by molar-refractivity contribution is 0.000945. The zero-order chi connectivity index (χ0) is 17.0. The van der Waals surface area contributed by atoms with Crippen molar-refractivity contribution in [3.63, 3.8) is 0 Å². The van der Waals surface area contributed by atoms with Gasteiger partial charge in [0, 0.05) is 37.9 Å². The monoisotopic (exact) mass is 356 g/mol. The molecule has 0 unspecified atom stereocenters. The van der Waals surface area contributed by atoms with Gasteiger partial charge in [-0.15, -0.1) is 0 Å². The second-order valence-electron chi connectivity index (χ2n) is 8.30. The van der Waals surface area contributed by atoms with Gasteiger partial charge in [-0.2, -0.15) is 5.10 Å². The van der Waals surface area contributed by atoms with Gasteiger partial charge in [0.1, 0.15) is 0 Å². The molecular formula is C20H25ClN4. The highest BCUT2D eigenvalue weighted by Gasteiger charge is 2.48. The van der Waals surface area contributed by atoms with Crippen LogP contribution in [0.1, 0.15) is 30.4 Å². The number of hydrogen-bond donors (Lipinski definition) is 2. The molecule has 1 saturated carbocycles. The Morgan fingerprint density at radius 2 is 2.16 bits per heavy atom. The fraction of sp³-hybridized carbons (Fsp3) is 0.550. The lowest BCUT2D eigenvalue weighted by Crippen LogP contribution is -2.60. The number of rotatable bonds is 3. The Morgan fingerprint density at radius 1 is 1.32 bits per heavy atom. The van der Waals surface area contributed by atoms with E-state index in [0.717, 1.165) is 41.6 Å². The first-order chi connectivity index (χ1) is 12.2. The zero-order valence-corrected chi connectivity index (χ0v) is 15.5. The van der Waals surface area contributed by atoms with Crippen molar-refractivity contribution >= 4 is 17.3 Å². The molecule has 2 N–H and O–H groups in total. The number of halogens is 1. The van der Waals surface area contributed by atoms with E-state index in [2.05, 4.69) is 39.6 Å². The number of nitrogens with one attached hydrogen (secondary N) is 2. The molecule has 2 fully saturated rings. The number of hydrogen-bond acceptors (Lipinski definition) is 3. The molecule has 25 heavy (non-hydrogen) atoms. The smallest absolute Gasteiger partial charge is 0.0697 e. The first kappa shape index (κ1) is 15.7. The summed E-state index contributed by atoms with van der Waals surface area (Å²) in [5.74, 6) is 0.793. The molecule has 1 aromatic heterocycles. The molecule has 1 aliphatic carbocycles. The lowest BCUT2D eigenvalue weighted by Gasteiger charge is -2.54.